The summed E-state index contributed by atoms with van der Waals surface area (Å²) in [4.78, 5) is 19.8. The van der Waals surface area contributed by atoms with Crippen molar-refractivity contribution >= 4 is 11.5 Å². The first-order valence-corrected chi connectivity index (χ1v) is 20.4. The molecule has 7 saturated heterocycles. The average Bonchev–Trinajstić information content (AvgIpc) is 3.70. The van der Waals surface area contributed by atoms with Gasteiger partial charge in [-0.1, -0.05) is 13.5 Å². The lowest BCUT2D eigenvalue weighted by Gasteiger charge is -2.56. The number of ketones is 1. The van der Waals surface area contributed by atoms with Crippen molar-refractivity contribution in [3.05, 3.63) is 12.2 Å². The number of ether oxygens (including phenoxy) is 8. The van der Waals surface area contributed by atoms with Gasteiger partial charge < -0.3 is 53.2 Å². The van der Waals surface area contributed by atoms with E-state index < -0.39 is 84.6 Å². The van der Waals surface area contributed by atoms with Crippen molar-refractivity contribution in [2.24, 2.45) is 16.8 Å². The second-order valence-electron chi connectivity index (χ2n) is 18.0. The molecule has 11 bridgehead atoms. The molecule has 53 heavy (non-hydrogen) atoms. The Labute approximate surface area is 312 Å². The summed E-state index contributed by atoms with van der Waals surface area (Å²) in [7, 11) is 1.62. The van der Waals surface area contributed by atoms with E-state index in [2.05, 4.69) is 20.4 Å². The predicted octanol–water partition coefficient (Wildman–Crippen LogP) is 2.72. The van der Waals surface area contributed by atoms with E-state index in [-0.39, 0.29) is 61.8 Å². The van der Waals surface area contributed by atoms with Crippen LogP contribution in [-0.2, 0) is 42.7 Å². The van der Waals surface area contributed by atoms with E-state index in [1.165, 1.54) is 0 Å². The SMILES string of the molecule is C=C1C[C@@H]2CC[C@@]3(C)C[C@H]4OC5C(OC6CC[C@@H]7CC(=O)C[C@@H]8[C@@H](OC)[C@@H](C[C@H](O)CO)O[C@H]8C[C@H]8O[C@@H](CC[C@@H]1O2)C[C@@H](C)C8=N[C@@]6(O7)C5O3)[C@H]4O. The first-order valence-electron chi connectivity index (χ1n) is 20.4. The van der Waals surface area contributed by atoms with Crippen LogP contribution in [0, 0.1) is 11.8 Å². The molecule has 10 heterocycles. The van der Waals surface area contributed by atoms with Crippen LogP contribution in [0.3, 0.4) is 0 Å². The van der Waals surface area contributed by atoms with Crippen molar-refractivity contribution in [2.45, 2.75) is 200 Å². The molecule has 7 fully saturated rings. The van der Waals surface area contributed by atoms with Gasteiger partial charge in [0.25, 0.3) is 0 Å². The molecular weight excluding hydrogens is 686 g/mol. The number of methoxy groups -OCH3 is 1. The lowest BCUT2D eigenvalue weighted by molar-refractivity contribution is -0.328. The number of fused-ring (bicyclic) bond motifs is 6. The normalized spacial score (nSPS) is 52.9. The Bertz CT molecular complexity index is 1440. The summed E-state index contributed by atoms with van der Waals surface area (Å²) in [5.74, 6) is -0.230. The molecule has 4 unspecified atom stereocenters. The third-order valence-electron chi connectivity index (χ3n) is 14.1. The standard InChI is InChI=1S/C40H59NO12/c1-19-11-24-9-10-39(3)17-31-34(45)36-37(50-31)38(53-39)40-32(51-36)8-6-25(52-40)13-21(43)14-26-28(49-30(35(26)46-4)15-22(44)18-42)16-29-33(41-40)20(2)12-23(48-29)5-7-27(19)47-24/h20,22-32,34-38,42,44-45H,1,5-18H2,2-4H3/t20-,22+,23+,24+,25-,26+,27+,28+,29-,30-,31-,32?,34+,35-,36?,37?,38?,39+,40+/m1/s1. The van der Waals surface area contributed by atoms with Crippen molar-refractivity contribution in [1.29, 1.82) is 0 Å². The Morgan fingerprint density at radius 3 is 2.55 bits per heavy atom. The van der Waals surface area contributed by atoms with Gasteiger partial charge in [0.2, 0.25) is 5.72 Å². The highest BCUT2D eigenvalue weighted by Crippen LogP contribution is 2.53. The van der Waals surface area contributed by atoms with Gasteiger partial charge in [-0.15, -0.1) is 0 Å². The highest BCUT2D eigenvalue weighted by atomic mass is 16.7. The van der Waals surface area contributed by atoms with Gasteiger partial charge in [0.1, 0.15) is 36.3 Å². The number of aliphatic hydroxyl groups is 3. The minimum Gasteiger partial charge on any atom is -0.394 e. The molecule has 10 aliphatic heterocycles. The van der Waals surface area contributed by atoms with E-state index in [1.54, 1.807) is 7.11 Å². The highest BCUT2D eigenvalue weighted by Gasteiger charge is 2.69. The summed E-state index contributed by atoms with van der Waals surface area (Å²) in [5.41, 5.74) is -0.0275. The zero-order chi connectivity index (χ0) is 36.8. The third-order valence-corrected chi connectivity index (χ3v) is 14.1. The molecule has 0 saturated carbocycles. The van der Waals surface area contributed by atoms with Gasteiger partial charge in [-0.05, 0) is 69.8 Å². The van der Waals surface area contributed by atoms with Gasteiger partial charge in [0.15, 0.2) is 0 Å². The number of Topliss-reactive ketones (excluding diaryl/α,β-unsaturated/α-hetero) is 1. The van der Waals surface area contributed by atoms with Gasteiger partial charge in [-0.2, -0.15) is 0 Å². The largest absolute Gasteiger partial charge is 0.394 e. The molecule has 0 aliphatic carbocycles. The second-order valence-corrected chi connectivity index (χ2v) is 18.0. The van der Waals surface area contributed by atoms with Gasteiger partial charge in [-0.25, -0.2) is 0 Å². The van der Waals surface area contributed by atoms with E-state index in [0.29, 0.717) is 32.1 Å². The van der Waals surface area contributed by atoms with Crippen LogP contribution in [-0.4, -0.2) is 143 Å². The summed E-state index contributed by atoms with van der Waals surface area (Å²) >= 11 is 0. The predicted molar refractivity (Wildman–Crippen MR) is 188 cm³/mol. The number of carbonyl (C=O) groups excluding carboxylic acids is 1. The lowest BCUT2D eigenvalue weighted by Crippen LogP contribution is -2.71. The zero-order valence-electron chi connectivity index (χ0n) is 31.4. The molecule has 13 heteroatoms. The number of hydrogen-bond donors (Lipinski definition) is 3. The Morgan fingerprint density at radius 2 is 1.74 bits per heavy atom. The quantitative estimate of drug-likeness (QED) is 0.362. The average molecular weight is 746 g/mol. The maximum atomic E-state index is 14.1. The minimum atomic E-state index is -1.33. The fourth-order valence-corrected chi connectivity index (χ4v) is 11.5. The summed E-state index contributed by atoms with van der Waals surface area (Å²) in [6, 6.07) is 0. The number of aliphatic imine (C=N–C) groups is 1. The van der Waals surface area contributed by atoms with Crippen molar-refractivity contribution in [2.75, 3.05) is 13.7 Å². The van der Waals surface area contributed by atoms with Gasteiger partial charge >= 0.3 is 0 Å². The van der Waals surface area contributed by atoms with Crippen LogP contribution in [0.1, 0.15) is 97.3 Å². The molecule has 0 amide bonds. The number of rotatable bonds is 4. The van der Waals surface area contributed by atoms with Crippen molar-refractivity contribution in [3.8, 4) is 0 Å². The van der Waals surface area contributed by atoms with Crippen LogP contribution < -0.4 is 0 Å². The minimum absolute atomic E-state index is 0.0125. The van der Waals surface area contributed by atoms with Crippen LogP contribution in [0.5, 0.6) is 0 Å². The maximum Gasteiger partial charge on any atom is 0.214 e. The smallest absolute Gasteiger partial charge is 0.214 e. The molecule has 10 rings (SSSR count). The molecule has 10 aliphatic rings. The van der Waals surface area contributed by atoms with Crippen LogP contribution in [0.2, 0.25) is 0 Å². The molecule has 1 spiro atoms. The second kappa shape index (κ2) is 14.2. The van der Waals surface area contributed by atoms with Crippen LogP contribution in [0.25, 0.3) is 0 Å². The molecule has 19 atom stereocenters. The molecular formula is C40H59NO12. The molecule has 0 radical (unpaired) electrons. The molecule has 3 N–H and O–H groups in total. The Morgan fingerprint density at radius 1 is 0.925 bits per heavy atom. The molecule has 0 aromatic carbocycles. The summed E-state index contributed by atoms with van der Waals surface area (Å²) in [6.07, 6.45) is 0.348. The summed E-state index contributed by atoms with van der Waals surface area (Å²) < 4.78 is 54.5. The van der Waals surface area contributed by atoms with E-state index in [4.69, 9.17) is 42.9 Å². The first-order chi connectivity index (χ1) is 25.5. The van der Waals surface area contributed by atoms with Gasteiger partial charge in [0, 0.05) is 50.8 Å². The number of hydrogen-bond acceptors (Lipinski definition) is 13. The number of aliphatic hydroxyl groups excluding tert-OH is 3. The Hall–Kier alpha value is -1.36. The Kier molecular flexibility index (Phi) is 10.00. The first kappa shape index (κ1) is 37.2. The number of carbonyl (C=O) groups is 1. The summed E-state index contributed by atoms with van der Waals surface area (Å²) in [5, 5.41) is 31.8. The summed E-state index contributed by atoms with van der Waals surface area (Å²) in [6.45, 7) is 8.35. The van der Waals surface area contributed by atoms with E-state index in [1.807, 2.05) is 0 Å². The molecule has 0 aromatic rings. The zero-order valence-corrected chi connectivity index (χ0v) is 31.4. The van der Waals surface area contributed by atoms with Gasteiger partial charge in [0.05, 0.1) is 73.2 Å². The molecule has 0 aromatic heterocycles. The third kappa shape index (κ3) is 6.61. The van der Waals surface area contributed by atoms with E-state index in [0.717, 1.165) is 43.4 Å². The topological polar surface area (TPSA) is 164 Å². The van der Waals surface area contributed by atoms with E-state index >= 15 is 0 Å². The van der Waals surface area contributed by atoms with Crippen molar-refractivity contribution in [1.82, 2.24) is 0 Å². The van der Waals surface area contributed by atoms with Crippen LogP contribution >= 0.6 is 0 Å². The van der Waals surface area contributed by atoms with E-state index in [9.17, 15) is 20.1 Å². The number of nitrogens with zero attached hydrogens (tertiary/aromatic N) is 1. The molecule has 13 nitrogen and oxygen atoms in total. The lowest BCUT2D eigenvalue weighted by atomic mass is 9.78. The highest BCUT2D eigenvalue weighted by molar-refractivity contribution is 5.92. The van der Waals surface area contributed by atoms with Crippen molar-refractivity contribution in [3.63, 3.8) is 0 Å². The van der Waals surface area contributed by atoms with Crippen LogP contribution in [0.15, 0.2) is 17.1 Å². The molecule has 296 valence electrons. The fourth-order valence-electron chi connectivity index (χ4n) is 11.5. The van der Waals surface area contributed by atoms with Crippen LogP contribution in [0.4, 0.5) is 0 Å². The monoisotopic (exact) mass is 745 g/mol. The Balaban J connectivity index is 1.17. The van der Waals surface area contributed by atoms with Gasteiger partial charge in [-0.3, -0.25) is 9.79 Å². The van der Waals surface area contributed by atoms with Crippen molar-refractivity contribution < 1.29 is 58.0 Å². The fraction of sp³-hybridized carbons (Fsp3) is 0.900. The maximum absolute atomic E-state index is 14.1.